The number of carbonyl (C=O) groups excluding carboxylic acids is 1. The molecule has 0 radical (unpaired) electrons. The number of alkyl halides is 3. The maximum Gasteiger partial charge on any atom is 0.433 e. The lowest BCUT2D eigenvalue weighted by Crippen LogP contribution is -2.35. The Morgan fingerprint density at radius 1 is 1.19 bits per heavy atom. The number of amides is 1. The smallest absolute Gasteiger partial charge is 0.433 e. The summed E-state index contributed by atoms with van der Waals surface area (Å²) in [6.45, 7) is 4.84. The normalized spacial score (nSPS) is 13.7. The molecule has 0 saturated heterocycles. The van der Waals surface area contributed by atoms with Gasteiger partial charge in [-0.25, -0.2) is 14.6 Å². The highest BCUT2D eigenvalue weighted by Gasteiger charge is 2.32. The molecule has 4 heterocycles. The maximum absolute atomic E-state index is 12.8. The van der Waals surface area contributed by atoms with Crippen LogP contribution < -0.4 is 4.74 Å². The number of hydrogen-bond donors (Lipinski definition) is 0. The van der Waals surface area contributed by atoms with E-state index >= 15 is 0 Å². The first-order valence-corrected chi connectivity index (χ1v) is 10.1. The molecule has 4 rings (SSSR count). The predicted molar refractivity (Wildman–Crippen MR) is 107 cm³/mol. The maximum atomic E-state index is 12.8. The summed E-state index contributed by atoms with van der Waals surface area (Å²) in [5.41, 5.74) is 2.58. The van der Waals surface area contributed by atoms with Crippen molar-refractivity contribution in [3.05, 3.63) is 58.8 Å². The molecule has 8 nitrogen and oxygen atoms in total. The van der Waals surface area contributed by atoms with Gasteiger partial charge in [-0.15, -0.1) is 5.10 Å². The molecule has 0 atom stereocenters. The number of pyridine rings is 2. The lowest BCUT2D eigenvalue weighted by atomic mass is 10.0. The number of rotatable bonds is 5. The Kier molecular flexibility index (Phi) is 5.81. The summed E-state index contributed by atoms with van der Waals surface area (Å²) in [6, 6.07) is 4.04. The average molecular weight is 446 g/mol. The Morgan fingerprint density at radius 2 is 2.00 bits per heavy atom. The third-order valence-electron chi connectivity index (χ3n) is 5.32. The molecule has 32 heavy (non-hydrogen) atoms. The van der Waals surface area contributed by atoms with Crippen LogP contribution in [-0.2, 0) is 30.5 Å². The van der Waals surface area contributed by atoms with Crippen molar-refractivity contribution >= 4 is 5.91 Å². The number of carbonyl (C=O) groups is 1. The van der Waals surface area contributed by atoms with Crippen molar-refractivity contribution in [2.75, 3.05) is 6.54 Å². The van der Waals surface area contributed by atoms with Crippen LogP contribution in [0.25, 0.3) is 5.69 Å². The van der Waals surface area contributed by atoms with Crippen LogP contribution in [0.4, 0.5) is 13.2 Å². The Hall–Kier alpha value is -3.50. The van der Waals surface area contributed by atoms with E-state index < -0.39 is 11.9 Å². The highest BCUT2D eigenvalue weighted by molar-refractivity contribution is 5.76. The van der Waals surface area contributed by atoms with Gasteiger partial charge in [-0.2, -0.15) is 13.2 Å². The highest BCUT2D eigenvalue weighted by Crippen LogP contribution is 2.28. The summed E-state index contributed by atoms with van der Waals surface area (Å²) in [5.74, 6) is 0.529. The minimum atomic E-state index is -4.51. The lowest BCUT2D eigenvalue weighted by Gasteiger charge is -2.28. The second-order valence-electron chi connectivity index (χ2n) is 7.43. The van der Waals surface area contributed by atoms with Gasteiger partial charge in [-0.05, 0) is 36.6 Å². The molecule has 1 aliphatic heterocycles. The van der Waals surface area contributed by atoms with Gasteiger partial charge in [0.15, 0.2) is 0 Å². The zero-order chi connectivity index (χ0) is 22.9. The van der Waals surface area contributed by atoms with Gasteiger partial charge in [0.25, 0.3) is 0 Å². The van der Waals surface area contributed by atoms with Gasteiger partial charge in [0, 0.05) is 31.8 Å². The second kappa shape index (κ2) is 8.56. The molecule has 0 aromatic carbocycles. The minimum absolute atomic E-state index is 0.0755. The Morgan fingerprint density at radius 3 is 2.69 bits per heavy atom. The van der Waals surface area contributed by atoms with E-state index in [4.69, 9.17) is 4.74 Å². The van der Waals surface area contributed by atoms with E-state index in [-0.39, 0.29) is 12.5 Å². The fraction of sp³-hybridized carbons (Fsp3) is 0.381. The highest BCUT2D eigenvalue weighted by atomic mass is 19.4. The first kappa shape index (κ1) is 21.7. The molecule has 0 fully saturated rings. The van der Waals surface area contributed by atoms with Crippen molar-refractivity contribution in [2.45, 2.75) is 46.0 Å². The van der Waals surface area contributed by atoms with E-state index in [1.54, 1.807) is 13.1 Å². The molecule has 168 valence electrons. The van der Waals surface area contributed by atoms with Crippen LogP contribution >= 0.6 is 0 Å². The van der Waals surface area contributed by atoms with Crippen molar-refractivity contribution in [3.8, 4) is 11.6 Å². The van der Waals surface area contributed by atoms with Gasteiger partial charge in [0.2, 0.25) is 11.8 Å². The van der Waals surface area contributed by atoms with Gasteiger partial charge >= 0.3 is 6.18 Å². The fourth-order valence-corrected chi connectivity index (χ4v) is 3.51. The van der Waals surface area contributed by atoms with Crippen molar-refractivity contribution in [3.63, 3.8) is 0 Å². The minimum Gasteiger partial charge on any atom is -0.471 e. The summed E-state index contributed by atoms with van der Waals surface area (Å²) in [5, 5.41) is 8.01. The van der Waals surface area contributed by atoms with Crippen LogP contribution in [0.1, 0.15) is 41.6 Å². The number of halogens is 3. The molecule has 0 aliphatic carbocycles. The van der Waals surface area contributed by atoms with E-state index in [9.17, 15) is 18.0 Å². The Bertz CT molecular complexity index is 1130. The fourth-order valence-electron chi connectivity index (χ4n) is 3.51. The first-order chi connectivity index (χ1) is 15.3. The van der Waals surface area contributed by atoms with Crippen LogP contribution in [-0.4, -0.2) is 42.3 Å². The molecule has 1 amide bonds. The zero-order valence-electron chi connectivity index (χ0n) is 17.6. The van der Waals surface area contributed by atoms with Crippen LogP contribution in [0.5, 0.6) is 5.88 Å². The number of nitrogens with zero attached hydrogens (tertiary/aromatic N) is 6. The van der Waals surface area contributed by atoms with Crippen molar-refractivity contribution in [1.82, 2.24) is 29.9 Å². The Labute approximate surface area is 182 Å². The lowest BCUT2D eigenvalue weighted by molar-refractivity contribution is -0.141. The van der Waals surface area contributed by atoms with Gasteiger partial charge < -0.3 is 9.64 Å². The molecule has 3 aromatic rings. The van der Waals surface area contributed by atoms with Gasteiger partial charge in [0.1, 0.15) is 18.0 Å². The first-order valence-electron chi connectivity index (χ1n) is 10.1. The molecular weight excluding hydrogens is 425 g/mol. The Balaban J connectivity index is 1.49. The van der Waals surface area contributed by atoms with Crippen LogP contribution in [0.15, 0.2) is 30.6 Å². The summed E-state index contributed by atoms with van der Waals surface area (Å²) in [4.78, 5) is 21.6. The monoisotopic (exact) mass is 446 g/mol. The van der Waals surface area contributed by atoms with E-state index in [2.05, 4.69) is 20.3 Å². The van der Waals surface area contributed by atoms with Crippen molar-refractivity contribution in [1.29, 1.82) is 0 Å². The van der Waals surface area contributed by atoms with E-state index in [0.29, 0.717) is 42.5 Å². The molecule has 0 saturated carbocycles. The number of aryl methyl sites for hydroxylation is 1. The van der Waals surface area contributed by atoms with Crippen LogP contribution in [0.2, 0.25) is 0 Å². The summed E-state index contributed by atoms with van der Waals surface area (Å²) in [7, 11) is 0. The van der Waals surface area contributed by atoms with Crippen molar-refractivity contribution in [2.24, 2.45) is 0 Å². The third-order valence-corrected chi connectivity index (χ3v) is 5.32. The van der Waals surface area contributed by atoms with Crippen LogP contribution in [0, 0.1) is 6.92 Å². The van der Waals surface area contributed by atoms with Crippen LogP contribution in [0.3, 0.4) is 0 Å². The van der Waals surface area contributed by atoms with Crippen molar-refractivity contribution < 1.29 is 22.7 Å². The number of aromatic nitrogens is 5. The predicted octanol–water partition coefficient (Wildman–Crippen LogP) is 3.26. The molecule has 11 heteroatoms. The summed E-state index contributed by atoms with van der Waals surface area (Å²) in [6.07, 6.45) is -0.514. The second-order valence-corrected chi connectivity index (χ2v) is 7.43. The molecule has 0 unspecified atom stereocenters. The molecule has 3 aromatic heterocycles. The van der Waals surface area contributed by atoms with E-state index in [0.717, 1.165) is 29.8 Å². The third kappa shape index (κ3) is 4.41. The van der Waals surface area contributed by atoms with E-state index in [1.807, 2.05) is 17.9 Å². The largest absolute Gasteiger partial charge is 0.471 e. The molecular formula is C21H21F3N6O2. The van der Waals surface area contributed by atoms with Gasteiger partial charge in [-0.1, -0.05) is 12.1 Å². The molecule has 0 bridgehead atoms. The number of hydrogen-bond acceptors (Lipinski definition) is 6. The van der Waals surface area contributed by atoms with E-state index in [1.165, 1.54) is 10.7 Å². The molecule has 0 spiro atoms. The SMILES string of the molecule is CCC(=O)N1CCc2cc(OCc3c(C)nnn3-c3ccc(C(F)(F)F)nc3)ncc2C1. The standard InChI is InChI=1S/C21H21F3N6O2/c1-3-20(31)29-7-6-14-8-19(26-9-15(14)11-29)32-12-17-13(2)27-28-30(17)16-4-5-18(25-10-16)21(22,23)24/h4-5,8-10H,3,6-7,11-12H2,1-2H3. The summed E-state index contributed by atoms with van der Waals surface area (Å²) >= 11 is 0. The quantitative estimate of drug-likeness (QED) is 0.598. The number of fused-ring (bicyclic) bond motifs is 1. The molecule has 1 aliphatic rings. The van der Waals surface area contributed by atoms with Gasteiger partial charge in [0.05, 0.1) is 17.6 Å². The topological polar surface area (TPSA) is 86.0 Å². The average Bonchev–Trinajstić information content (AvgIpc) is 3.16. The van der Waals surface area contributed by atoms with Gasteiger partial charge in [-0.3, -0.25) is 4.79 Å². The zero-order valence-corrected chi connectivity index (χ0v) is 17.6. The molecule has 0 N–H and O–H groups in total. The summed E-state index contributed by atoms with van der Waals surface area (Å²) < 4.78 is 45.5. The number of ether oxygens (including phenoxy) is 1.